The minimum atomic E-state index is -0.0634. The summed E-state index contributed by atoms with van der Waals surface area (Å²) in [7, 11) is 0. The second-order valence-corrected chi connectivity index (χ2v) is 22.1. The molecule has 61 heavy (non-hydrogen) atoms. The molecule has 0 bridgehead atoms. The lowest BCUT2D eigenvalue weighted by atomic mass is 9.34. The zero-order valence-corrected chi connectivity index (χ0v) is 38.0. The van der Waals surface area contributed by atoms with Crippen molar-refractivity contribution >= 4 is 66.7 Å². The molecule has 5 heterocycles. The van der Waals surface area contributed by atoms with E-state index in [2.05, 4.69) is 214 Å². The molecule has 0 atom stereocenters. The van der Waals surface area contributed by atoms with E-state index in [1.165, 1.54) is 93.6 Å². The molecule has 11 rings (SSSR count). The molecule has 6 aromatic carbocycles. The Morgan fingerprint density at radius 1 is 0.426 bits per heavy atom. The van der Waals surface area contributed by atoms with E-state index in [4.69, 9.17) is 4.98 Å². The molecule has 302 valence electrons. The third-order valence-corrected chi connectivity index (χ3v) is 13.8. The topological polar surface area (TPSA) is 22.8 Å². The first-order chi connectivity index (χ1) is 28.8. The van der Waals surface area contributed by atoms with Crippen LogP contribution < -0.4 is 16.4 Å². The molecular weight excluding hydrogens is 737 g/mol. The van der Waals surface area contributed by atoms with Gasteiger partial charge in [0, 0.05) is 55.1 Å². The molecule has 9 aromatic rings. The van der Waals surface area contributed by atoms with Gasteiger partial charge in [-0.05, 0) is 96.7 Å². The quantitative estimate of drug-likeness (QED) is 0.160. The van der Waals surface area contributed by atoms with Gasteiger partial charge < -0.3 is 9.13 Å². The second-order valence-electron chi connectivity index (χ2n) is 22.1. The maximum Gasteiger partial charge on any atom is 0.252 e. The monoisotopic (exact) mass is 793 g/mol. The van der Waals surface area contributed by atoms with Crippen molar-refractivity contribution in [1.29, 1.82) is 0 Å². The van der Waals surface area contributed by atoms with Crippen molar-refractivity contribution in [2.75, 3.05) is 0 Å². The van der Waals surface area contributed by atoms with Crippen LogP contribution >= 0.6 is 0 Å². The summed E-state index contributed by atoms with van der Waals surface area (Å²) in [5.74, 6) is 0. The van der Waals surface area contributed by atoms with Gasteiger partial charge in [0.2, 0.25) is 0 Å². The van der Waals surface area contributed by atoms with E-state index in [9.17, 15) is 0 Å². The SMILES string of the molecule is CC(C)(C)c1cc(C(C)(C)C)c2c3cccc4c3n(c2c1)-c1cc(-c2cccc(-c3ccccc3)n2)cc2c1B4c1cccc3c4c(C(C)(C)C)cc(C(C)(C)C)cc4n-2c13. The Morgan fingerprint density at radius 3 is 1.31 bits per heavy atom. The molecule has 3 nitrogen and oxygen atoms in total. The molecule has 0 saturated carbocycles. The van der Waals surface area contributed by atoms with Crippen LogP contribution in [0.2, 0.25) is 0 Å². The van der Waals surface area contributed by atoms with Gasteiger partial charge in [0.25, 0.3) is 6.71 Å². The highest BCUT2D eigenvalue weighted by atomic mass is 15.0. The number of pyridine rings is 1. The summed E-state index contributed by atoms with van der Waals surface area (Å²) >= 11 is 0. The molecule has 0 amide bonds. The normalized spacial score (nSPS) is 13.9. The smallest absolute Gasteiger partial charge is 0.252 e. The summed E-state index contributed by atoms with van der Waals surface area (Å²) in [5.41, 5.74) is 21.4. The zero-order chi connectivity index (χ0) is 42.7. The number of aromatic nitrogens is 3. The zero-order valence-electron chi connectivity index (χ0n) is 38.0. The molecular formula is C57H56BN3. The van der Waals surface area contributed by atoms with Crippen molar-refractivity contribution < 1.29 is 0 Å². The lowest BCUT2D eigenvalue weighted by molar-refractivity contribution is 0.572. The van der Waals surface area contributed by atoms with E-state index in [1.807, 2.05) is 0 Å². The Balaban J connectivity index is 1.36. The van der Waals surface area contributed by atoms with Gasteiger partial charge in [-0.25, -0.2) is 4.98 Å². The van der Waals surface area contributed by atoms with E-state index in [1.54, 1.807) is 0 Å². The van der Waals surface area contributed by atoms with E-state index in [0.29, 0.717) is 0 Å². The molecule has 0 unspecified atom stereocenters. The molecule has 4 heteroatoms. The average Bonchev–Trinajstić information content (AvgIpc) is 3.73. The van der Waals surface area contributed by atoms with Crippen molar-refractivity contribution in [3.8, 4) is 33.9 Å². The number of fused-ring (bicyclic) bond motifs is 10. The lowest BCUT2D eigenvalue weighted by Gasteiger charge is -2.34. The maximum absolute atomic E-state index is 5.43. The first-order valence-electron chi connectivity index (χ1n) is 22.3. The third kappa shape index (κ3) is 5.46. The molecule has 0 aliphatic carbocycles. The summed E-state index contributed by atoms with van der Waals surface area (Å²) in [6.07, 6.45) is 0. The van der Waals surface area contributed by atoms with Crippen LogP contribution in [0.1, 0.15) is 105 Å². The van der Waals surface area contributed by atoms with Gasteiger partial charge in [-0.1, -0.05) is 168 Å². The van der Waals surface area contributed by atoms with Gasteiger partial charge in [0.15, 0.2) is 0 Å². The summed E-state index contributed by atoms with van der Waals surface area (Å²) < 4.78 is 5.31. The van der Waals surface area contributed by atoms with Gasteiger partial charge in [-0.2, -0.15) is 0 Å². The van der Waals surface area contributed by atoms with Crippen LogP contribution in [-0.2, 0) is 21.7 Å². The van der Waals surface area contributed by atoms with Crippen LogP contribution in [0, 0.1) is 0 Å². The highest BCUT2D eigenvalue weighted by Gasteiger charge is 2.42. The standard InChI is InChI=1S/C57H56BN3/c1-54(2,3)35-29-39(56(7,8)9)49-37-21-16-23-41-52(37)60(45(49)31-35)47-27-34(44-26-18-25-43(59-44)33-19-14-13-15-20-33)28-48-51(47)58(41)42-24-17-22-38-50-40(57(10,11)12)30-36(55(4,5)6)32-46(50)61(48)53(38)42/h13-32H,1-12H3. The number of nitrogens with zero attached hydrogens (tertiary/aromatic N) is 3. The van der Waals surface area contributed by atoms with Crippen LogP contribution in [-0.4, -0.2) is 20.8 Å². The molecule has 0 radical (unpaired) electrons. The van der Waals surface area contributed by atoms with Gasteiger partial charge in [0.1, 0.15) is 0 Å². The fraction of sp³-hybridized carbons (Fsp3) is 0.281. The summed E-state index contributed by atoms with van der Waals surface area (Å²) in [6.45, 7) is 28.5. The first-order valence-corrected chi connectivity index (χ1v) is 22.3. The Kier molecular flexibility index (Phi) is 7.73. The number of para-hydroxylation sites is 2. The van der Waals surface area contributed by atoms with Crippen LogP contribution in [0.25, 0.3) is 77.5 Å². The molecule has 2 aliphatic heterocycles. The fourth-order valence-electron chi connectivity index (χ4n) is 10.7. The molecule has 0 saturated heterocycles. The molecule has 0 N–H and O–H groups in total. The Labute approximate surface area is 361 Å². The van der Waals surface area contributed by atoms with Gasteiger partial charge in [-0.15, -0.1) is 0 Å². The van der Waals surface area contributed by atoms with E-state index >= 15 is 0 Å². The Bertz CT molecular complexity index is 3150. The van der Waals surface area contributed by atoms with Crippen molar-refractivity contribution in [3.05, 3.63) is 144 Å². The van der Waals surface area contributed by atoms with Crippen molar-refractivity contribution in [2.45, 2.75) is 105 Å². The van der Waals surface area contributed by atoms with Crippen LogP contribution in [0.4, 0.5) is 0 Å². The molecule has 2 aliphatic rings. The van der Waals surface area contributed by atoms with E-state index in [0.717, 1.165) is 22.5 Å². The van der Waals surface area contributed by atoms with Gasteiger partial charge >= 0.3 is 0 Å². The number of hydrogen-bond donors (Lipinski definition) is 0. The second kappa shape index (κ2) is 12.4. The van der Waals surface area contributed by atoms with Crippen molar-refractivity contribution in [3.63, 3.8) is 0 Å². The minimum Gasteiger partial charge on any atom is -0.310 e. The summed E-state index contributed by atoms with van der Waals surface area (Å²) in [5, 5.41) is 5.41. The minimum absolute atomic E-state index is 0.0296. The maximum atomic E-state index is 5.43. The Morgan fingerprint density at radius 2 is 0.869 bits per heavy atom. The number of rotatable bonds is 2. The van der Waals surface area contributed by atoms with Crippen LogP contribution in [0.5, 0.6) is 0 Å². The van der Waals surface area contributed by atoms with Crippen LogP contribution in [0.15, 0.2) is 121 Å². The predicted molar refractivity (Wildman–Crippen MR) is 263 cm³/mol. The fourth-order valence-corrected chi connectivity index (χ4v) is 10.7. The van der Waals surface area contributed by atoms with E-state index < -0.39 is 0 Å². The number of hydrogen-bond acceptors (Lipinski definition) is 1. The largest absolute Gasteiger partial charge is 0.310 e. The highest BCUT2D eigenvalue weighted by molar-refractivity contribution is 7.00. The van der Waals surface area contributed by atoms with Crippen molar-refractivity contribution in [2.24, 2.45) is 0 Å². The number of benzene rings is 6. The molecule has 3 aromatic heterocycles. The molecule has 0 spiro atoms. The molecule has 0 fully saturated rings. The summed E-state index contributed by atoms with van der Waals surface area (Å²) in [4.78, 5) is 5.43. The predicted octanol–water partition coefficient (Wildman–Crippen LogP) is 12.9. The van der Waals surface area contributed by atoms with Crippen molar-refractivity contribution in [1.82, 2.24) is 14.1 Å². The lowest BCUT2D eigenvalue weighted by Crippen LogP contribution is -2.59. The van der Waals surface area contributed by atoms with E-state index in [-0.39, 0.29) is 28.4 Å². The first kappa shape index (κ1) is 38.1. The highest BCUT2D eigenvalue weighted by Crippen LogP contribution is 2.46. The Hall–Kier alpha value is -5.87. The van der Waals surface area contributed by atoms with Crippen LogP contribution in [0.3, 0.4) is 0 Å². The van der Waals surface area contributed by atoms with Gasteiger partial charge in [-0.3, -0.25) is 0 Å². The third-order valence-electron chi connectivity index (χ3n) is 13.8. The van der Waals surface area contributed by atoms with Gasteiger partial charge in [0.05, 0.1) is 22.4 Å². The average molecular weight is 794 g/mol. The summed E-state index contributed by atoms with van der Waals surface area (Å²) in [6, 6.07) is 46.3.